The summed E-state index contributed by atoms with van der Waals surface area (Å²) < 4.78 is 26.5. The van der Waals surface area contributed by atoms with Crippen molar-refractivity contribution in [2.75, 3.05) is 19.7 Å². The number of halogens is 1. The van der Waals surface area contributed by atoms with Crippen LogP contribution >= 0.6 is 11.6 Å². The van der Waals surface area contributed by atoms with Gasteiger partial charge in [0, 0.05) is 37.8 Å². The van der Waals surface area contributed by atoms with Crippen molar-refractivity contribution in [1.29, 1.82) is 0 Å². The molecule has 35 heavy (non-hydrogen) atoms. The smallest absolute Gasteiger partial charge is 0.270 e. The first kappa shape index (κ1) is 25.7. The van der Waals surface area contributed by atoms with Crippen molar-refractivity contribution in [2.45, 2.75) is 62.1 Å². The maximum Gasteiger partial charge on any atom is 0.270 e. The van der Waals surface area contributed by atoms with Gasteiger partial charge in [0.15, 0.2) is 9.84 Å². The molecular weight excluding hydrogens is 490 g/mol. The Labute approximate surface area is 211 Å². The Morgan fingerprint density at radius 1 is 1.14 bits per heavy atom. The van der Waals surface area contributed by atoms with Gasteiger partial charge in [0.05, 0.1) is 9.49 Å². The number of carbonyl (C=O) groups is 2. The third-order valence-corrected chi connectivity index (χ3v) is 10.8. The number of aliphatic hydroxyl groups excluding tert-OH is 1. The molecule has 1 aromatic heterocycles. The van der Waals surface area contributed by atoms with E-state index in [1.54, 1.807) is 47.6 Å². The molecule has 8 nitrogen and oxygen atoms in total. The van der Waals surface area contributed by atoms with E-state index in [0.717, 1.165) is 5.56 Å². The van der Waals surface area contributed by atoms with Crippen LogP contribution in [0, 0.1) is 0 Å². The number of amides is 2. The van der Waals surface area contributed by atoms with Gasteiger partial charge >= 0.3 is 0 Å². The summed E-state index contributed by atoms with van der Waals surface area (Å²) in [4.78, 5) is 27.9. The predicted molar refractivity (Wildman–Crippen MR) is 134 cm³/mol. The quantitative estimate of drug-likeness (QED) is 0.527. The fourth-order valence-corrected chi connectivity index (χ4v) is 7.42. The van der Waals surface area contributed by atoms with E-state index in [4.69, 9.17) is 11.6 Å². The van der Waals surface area contributed by atoms with Gasteiger partial charge in [0.2, 0.25) is 0 Å². The van der Waals surface area contributed by atoms with E-state index < -0.39 is 19.3 Å². The lowest BCUT2D eigenvalue weighted by Gasteiger charge is -2.33. The van der Waals surface area contributed by atoms with Crippen LogP contribution in [-0.2, 0) is 22.9 Å². The van der Waals surface area contributed by atoms with Crippen LogP contribution in [0.25, 0.3) is 0 Å². The third-order valence-electron chi connectivity index (χ3n) is 7.19. The molecule has 2 N–H and O–H groups in total. The first-order valence-electron chi connectivity index (χ1n) is 11.9. The van der Waals surface area contributed by atoms with Crippen LogP contribution in [-0.4, -0.2) is 64.0 Å². The molecule has 0 saturated heterocycles. The first-order chi connectivity index (χ1) is 16.5. The highest BCUT2D eigenvalue weighted by Crippen LogP contribution is 2.49. The van der Waals surface area contributed by atoms with E-state index >= 15 is 0 Å². The van der Waals surface area contributed by atoms with Crippen LogP contribution in [0.15, 0.2) is 36.4 Å². The molecule has 1 aliphatic carbocycles. The molecule has 10 heteroatoms. The van der Waals surface area contributed by atoms with E-state index in [1.807, 2.05) is 12.1 Å². The molecule has 0 spiro atoms. The van der Waals surface area contributed by atoms with Crippen LogP contribution in [0.2, 0.25) is 5.02 Å². The molecule has 2 aliphatic rings. The molecule has 0 radical (unpaired) electrons. The van der Waals surface area contributed by atoms with Crippen molar-refractivity contribution in [2.24, 2.45) is 0 Å². The molecule has 2 heterocycles. The standard InChI is InChI=1S/C25H32ClN3O5S/c1-24(2,12-15-30)35(33,34)25(10-11-25)17-28-13-3-14-29-20(8-9-21(29)23(28)32)22(31)27-16-18-4-6-19(26)7-5-18/h4-9,30H,3,10-17H2,1-2H3,(H,27,31). The van der Waals surface area contributed by atoms with Gasteiger partial charge in [-0.05, 0) is 69.4 Å². The van der Waals surface area contributed by atoms with Crippen LogP contribution in [0.1, 0.15) is 66.1 Å². The predicted octanol–water partition coefficient (Wildman–Crippen LogP) is 3.03. The monoisotopic (exact) mass is 521 g/mol. The molecule has 1 aliphatic heterocycles. The number of fused-ring (bicyclic) bond motifs is 1. The van der Waals surface area contributed by atoms with Crippen molar-refractivity contribution in [3.8, 4) is 0 Å². The molecule has 0 atom stereocenters. The van der Waals surface area contributed by atoms with E-state index in [2.05, 4.69) is 5.32 Å². The highest BCUT2D eigenvalue weighted by atomic mass is 35.5. The summed E-state index contributed by atoms with van der Waals surface area (Å²) in [6.07, 6.45) is 1.78. The second-order valence-electron chi connectivity index (χ2n) is 10.1. The summed E-state index contributed by atoms with van der Waals surface area (Å²) in [5, 5.41) is 12.9. The van der Waals surface area contributed by atoms with Crippen LogP contribution in [0.5, 0.6) is 0 Å². The van der Waals surface area contributed by atoms with Gasteiger partial charge in [0.1, 0.15) is 11.4 Å². The van der Waals surface area contributed by atoms with Crippen molar-refractivity contribution in [3.05, 3.63) is 58.4 Å². The Morgan fingerprint density at radius 3 is 2.46 bits per heavy atom. The minimum Gasteiger partial charge on any atom is -0.396 e. The molecule has 2 aromatic rings. The Balaban J connectivity index is 1.49. The molecule has 1 fully saturated rings. The van der Waals surface area contributed by atoms with E-state index in [9.17, 15) is 23.1 Å². The number of aromatic nitrogens is 1. The number of nitrogens with one attached hydrogen (secondary N) is 1. The summed E-state index contributed by atoms with van der Waals surface area (Å²) in [7, 11) is -3.58. The highest BCUT2D eigenvalue weighted by molar-refractivity contribution is 7.94. The molecular formula is C25H32ClN3O5S. The second kappa shape index (κ2) is 9.59. The zero-order valence-corrected chi connectivity index (χ0v) is 21.7. The van der Waals surface area contributed by atoms with Crippen LogP contribution < -0.4 is 5.32 Å². The van der Waals surface area contributed by atoms with Gasteiger partial charge in [-0.1, -0.05) is 23.7 Å². The van der Waals surface area contributed by atoms with E-state index in [-0.39, 0.29) is 31.4 Å². The molecule has 1 saturated carbocycles. The number of aliphatic hydroxyl groups is 1. The third kappa shape index (κ3) is 4.86. The number of benzene rings is 1. The highest BCUT2D eigenvalue weighted by Gasteiger charge is 2.60. The second-order valence-corrected chi connectivity index (χ2v) is 13.5. The molecule has 4 rings (SSSR count). The number of rotatable bonds is 9. The first-order valence-corrected chi connectivity index (χ1v) is 13.7. The van der Waals surface area contributed by atoms with Gasteiger partial charge in [0.25, 0.3) is 11.8 Å². The normalized spacial score (nSPS) is 17.6. The van der Waals surface area contributed by atoms with E-state index in [1.165, 1.54) is 0 Å². The average Bonchev–Trinajstić information content (AvgIpc) is 3.52. The summed E-state index contributed by atoms with van der Waals surface area (Å²) >= 11 is 5.91. The van der Waals surface area contributed by atoms with Crippen molar-refractivity contribution >= 4 is 33.3 Å². The van der Waals surface area contributed by atoms with Gasteiger partial charge in [-0.3, -0.25) is 9.59 Å². The van der Waals surface area contributed by atoms with Crippen molar-refractivity contribution in [1.82, 2.24) is 14.8 Å². The molecule has 0 bridgehead atoms. The van der Waals surface area contributed by atoms with Gasteiger partial charge in [-0.15, -0.1) is 0 Å². The maximum atomic E-state index is 13.4. The zero-order chi connectivity index (χ0) is 25.4. The minimum absolute atomic E-state index is 0.131. The summed E-state index contributed by atoms with van der Waals surface area (Å²) in [6.45, 7) is 4.45. The maximum absolute atomic E-state index is 13.4. The van der Waals surface area contributed by atoms with Gasteiger partial charge in [-0.25, -0.2) is 8.42 Å². The zero-order valence-electron chi connectivity index (χ0n) is 20.1. The van der Waals surface area contributed by atoms with Crippen LogP contribution in [0.4, 0.5) is 0 Å². The number of hydrogen-bond donors (Lipinski definition) is 2. The molecule has 190 valence electrons. The average molecular weight is 522 g/mol. The lowest BCUT2D eigenvalue weighted by molar-refractivity contribution is 0.0754. The summed E-state index contributed by atoms with van der Waals surface area (Å²) in [5.74, 6) is -0.542. The Kier molecular flexibility index (Phi) is 7.05. The number of nitrogens with zero attached hydrogens (tertiary/aromatic N) is 2. The van der Waals surface area contributed by atoms with Gasteiger partial charge in [-0.2, -0.15) is 0 Å². The Bertz CT molecular complexity index is 1220. The number of carbonyl (C=O) groups excluding carboxylic acids is 2. The SMILES string of the molecule is CC(C)(CCO)S(=O)(=O)C1(CN2CCCn3c(C(=O)NCc4ccc(Cl)cc4)ccc3C2=O)CC1. The Morgan fingerprint density at radius 2 is 1.83 bits per heavy atom. The van der Waals surface area contributed by atoms with Gasteiger partial charge < -0.3 is 19.9 Å². The fraction of sp³-hybridized carbons (Fsp3) is 0.520. The summed E-state index contributed by atoms with van der Waals surface area (Å²) in [5.41, 5.74) is 1.71. The van der Waals surface area contributed by atoms with E-state index in [0.29, 0.717) is 55.3 Å². The minimum atomic E-state index is -3.58. The van der Waals surface area contributed by atoms with Crippen molar-refractivity contribution in [3.63, 3.8) is 0 Å². The topological polar surface area (TPSA) is 109 Å². The Hall–Kier alpha value is -2.36. The molecule has 2 amide bonds. The summed E-state index contributed by atoms with van der Waals surface area (Å²) in [6, 6.07) is 10.5. The van der Waals surface area contributed by atoms with Crippen LogP contribution in [0.3, 0.4) is 0 Å². The molecule has 1 aromatic carbocycles. The molecule has 0 unspecified atom stereocenters. The number of hydrogen-bond acceptors (Lipinski definition) is 5. The lowest BCUT2D eigenvalue weighted by atomic mass is 10.1. The van der Waals surface area contributed by atoms with Crippen molar-refractivity contribution < 1.29 is 23.1 Å². The number of sulfone groups is 1. The fourth-order valence-electron chi connectivity index (χ4n) is 4.79. The largest absolute Gasteiger partial charge is 0.396 e. The lowest BCUT2D eigenvalue weighted by Crippen LogP contribution is -2.49.